The molecule has 1 unspecified atom stereocenters. The van der Waals surface area contributed by atoms with Gasteiger partial charge in [-0.25, -0.2) is 0 Å². The first kappa shape index (κ1) is 10.2. The molecule has 1 aliphatic carbocycles. The van der Waals surface area contributed by atoms with Gasteiger partial charge in [0.1, 0.15) is 0 Å². The van der Waals surface area contributed by atoms with Crippen molar-refractivity contribution >= 4 is 39.2 Å². The van der Waals surface area contributed by atoms with E-state index >= 15 is 0 Å². The van der Waals surface area contributed by atoms with E-state index in [9.17, 15) is 0 Å². The fourth-order valence-corrected chi connectivity index (χ4v) is 4.20. The number of rotatable bonds is 2. The van der Waals surface area contributed by atoms with Crippen LogP contribution in [0, 0.1) is 5.92 Å². The Hall–Kier alpha value is 1.09. The van der Waals surface area contributed by atoms with Crippen LogP contribution in [0.2, 0.25) is 5.54 Å². The molecule has 1 fully saturated rings. The maximum absolute atomic E-state index is 5.93. The van der Waals surface area contributed by atoms with Gasteiger partial charge in [0.2, 0.25) is 0 Å². The largest absolute Gasteiger partial charge is 0.344 e. The summed E-state index contributed by atoms with van der Waals surface area (Å²) in [7, 11) is 0. The van der Waals surface area contributed by atoms with E-state index in [1.165, 1.54) is 25.7 Å². The summed E-state index contributed by atoms with van der Waals surface area (Å²) in [5.41, 5.74) is 0.343. The minimum Gasteiger partial charge on any atom is -0.126 e. The van der Waals surface area contributed by atoms with Crippen molar-refractivity contribution in [1.82, 2.24) is 0 Å². The first-order chi connectivity index (χ1) is 5.02. The average molecular weight is 232 g/mol. The normalized spacial score (nSPS) is 24.0. The zero-order valence-electron chi connectivity index (χ0n) is 6.62. The van der Waals surface area contributed by atoms with Crippen molar-refractivity contribution in [3.05, 3.63) is 0 Å². The van der Waals surface area contributed by atoms with Crippen molar-refractivity contribution in [2.24, 2.45) is 5.92 Å². The Morgan fingerprint density at radius 1 is 1.18 bits per heavy atom. The van der Waals surface area contributed by atoms with Crippen LogP contribution in [0.15, 0.2) is 0 Å². The molecule has 0 aromatic rings. The first-order valence-electron chi connectivity index (χ1n) is 4.08. The van der Waals surface area contributed by atoms with Crippen molar-refractivity contribution < 1.29 is 0 Å². The van der Waals surface area contributed by atoms with E-state index < -0.39 is 6.00 Å². The second kappa shape index (κ2) is 3.86. The summed E-state index contributed by atoms with van der Waals surface area (Å²) in [6.45, 7) is 2.09. The number of hydrogen-bond donors (Lipinski definition) is 0. The van der Waals surface area contributed by atoms with Crippen LogP contribution >= 0.6 is 33.2 Å². The lowest BCUT2D eigenvalue weighted by molar-refractivity contribution is 0.526. The molecule has 0 heterocycles. The SMILES string of the molecule is CC(C1CCCC1)[Si](Cl)(Cl)Cl. The van der Waals surface area contributed by atoms with Crippen LogP contribution in [-0.2, 0) is 0 Å². The van der Waals surface area contributed by atoms with Crippen LogP contribution < -0.4 is 0 Å². The lowest BCUT2D eigenvalue weighted by Gasteiger charge is -2.23. The van der Waals surface area contributed by atoms with Crippen LogP contribution in [-0.4, -0.2) is 6.00 Å². The van der Waals surface area contributed by atoms with Crippen LogP contribution in [0.3, 0.4) is 0 Å². The summed E-state index contributed by atoms with van der Waals surface area (Å²) in [6, 6.07) is -2.41. The third-order valence-corrected chi connectivity index (χ3v) is 7.23. The smallest absolute Gasteiger partial charge is 0.126 e. The minimum atomic E-state index is -2.41. The molecule has 0 nitrogen and oxygen atoms in total. The van der Waals surface area contributed by atoms with Crippen molar-refractivity contribution in [3.63, 3.8) is 0 Å². The minimum absolute atomic E-state index is 0.343. The molecule has 0 radical (unpaired) electrons. The zero-order valence-corrected chi connectivity index (χ0v) is 9.88. The molecular formula is C7H13Cl3Si. The molecule has 1 rings (SSSR count). The second-order valence-electron chi connectivity index (χ2n) is 3.37. The second-order valence-corrected chi connectivity index (χ2v) is 12.5. The molecule has 0 spiro atoms. The van der Waals surface area contributed by atoms with Crippen molar-refractivity contribution in [1.29, 1.82) is 0 Å². The fraction of sp³-hybridized carbons (Fsp3) is 1.00. The molecule has 4 heteroatoms. The van der Waals surface area contributed by atoms with E-state index in [1.54, 1.807) is 0 Å². The van der Waals surface area contributed by atoms with Gasteiger partial charge < -0.3 is 0 Å². The van der Waals surface area contributed by atoms with Gasteiger partial charge in [0.15, 0.2) is 0 Å². The Morgan fingerprint density at radius 3 is 2.00 bits per heavy atom. The van der Waals surface area contributed by atoms with Gasteiger partial charge in [-0.2, -0.15) is 0 Å². The van der Waals surface area contributed by atoms with Gasteiger partial charge in [-0.1, -0.05) is 32.6 Å². The summed E-state index contributed by atoms with van der Waals surface area (Å²) in [5, 5.41) is 0. The molecule has 0 saturated heterocycles. The highest BCUT2D eigenvalue weighted by atomic mass is 35.8. The van der Waals surface area contributed by atoms with E-state index in [1.807, 2.05) is 0 Å². The maximum atomic E-state index is 5.93. The standard InChI is InChI=1S/C7H13Cl3Si/c1-6(11(8,9)10)7-4-2-3-5-7/h6-7H,2-5H2,1H3. The van der Waals surface area contributed by atoms with Crippen LogP contribution in [0.25, 0.3) is 0 Å². The van der Waals surface area contributed by atoms with Crippen molar-refractivity contribution in [2.75, 3.05) is 0 Å². The summed E-state index contributed by atoms with van der Waals surface area (Å²) >= 11 is 17.8. The molecule has 0 aromatic heterocycles. The maximum Gasteiger partial charge on any atom is 0.344 e. The van der Waals surface area contributed by atoms with Crippen molar-refractivity contribution in [3.8, 4) is 0 Å². The summed E-state index contributed by atoms with van der Waals surface area (Å²) < 4.78 is 0. The van der Waals surface area contributed by atoms with Crippen LogP contribution in [0.1, 0.15) is 32.6 Å². The Labute approximate surface area is 83.3 Å². The predicted octanol–water partition coefficient (Wildman–Crippen LogP) is 4.22. The fourth-order valence-electron chi connectivity index (χ4n) is 1.72. The van der Waals surface area contributed by atoms with Crippen LogP contribution in [0.5, 0.6) is 0 Å². The van der Waals surface area contributed by atoms with Gasteiger partial charge in [-0.15, -0.1) is 33.2 Å². The van der Waals surface area contributed by atoms with E-state index in [-0.39, 0.29) is 0 Å². The topological polar surface area (TPSA) is 0 Å². The summed E-state index contributed by atoms with van der Waals surface area (Å²) in [4.78, 5) is 0. The molecule has 0 aromatic carbocycles. The molecule has 11 heavy (non-hydrogen) atoms. The molecule has 0 N–H and O–H groups in total. The Balaban J connectivity index is 2.46. The highest BCUT2D eigenvalue weighted by Gasteiger charge is 2.39. The molecule has 0 amide bonds. The quantitative estimate of drug-likeness (QED) is 0.493. The van der Waals surface area contributed by atoms with E-state index in [4.69, 9.17) is 33.2 Å². The van der Waals surface area contributed by atoms with Gasteiger partial charge in [-0.05, 0) is 11.5 Å². The summed E-state index contributed by atoms with van der Waals surface area (Å²) in [6.07, 6.45) is 5.18. The number of halogens is 3. The third kappa shape index (κ3) is 2.80. The van der Waals surface area contributed by atoms with E-state index in [2.05, 4.69) is 6.92 Å². The molecule has 1 atom stereocenters. The molecule has 66 valence electrons. The van der Waals surface area contributed by atoms with Crippen molar-refractivity contribution in [2.45, 2.75) is 38.1 Å². The van der Waals surface area contributed by atoms with E-state index in [0.29, 0.717) is 11.5 Å². The van der Waals surface area contributed by atoms with Crippen LogP contribution in [0.4, 0.5) is 0 Å². The molecule has 1 saturated carbocycles. The predicted molar refractivity (Wildman–Crippen MR) is 54.7 cm³/mol. The highest BCUT2D eigenvalue weighted by Crippen LogP contribution is 2.45. The molecular weight excluding hydrogens is 219 g/mol. The molecule has 1 aliphatic rings. The van der Waals surface area contributed by atoms with Gasteiger partial charge >= 0.3 is 6.00 Å². The Bertz CT molecular complexity index is 126. The number of hydrogen-bond acceptors (Lipinski definition) is 0. The van der Waals surface area contributed by atoms with Gasteiger partial charge in [0, 0.05) is 0 Å². The lowest BCUT2D eigenvalue weighted by Crippen LogP contribution is -2.22. The van der Waals surface area contributed by atoms with E-state index in [0.717, 1.165) is 0 Å². The third-order valence-electron chi connectivity index (χ3n) is 2.62. The molecule has 0 aliphatic heterocycles. The average Bonchev–Trinajstić information content (AvgIpc) is 2.34. The lowest BCUT2D eigenvalue weighted by atomic mass is 10.1. The summed E-state index contributed by atoms with van der Waals surface area (Å²) in [5.74, 6) is 0.689. The zero-order chi connectivity index (χ0) is 8.48. The van der Waals surface area contributed by atoms with Gasteiger partial charge in [0.25, 0.3) is 0 Å². The van der Waals surface area contributed by atoms with Gasteiger partial charge in [0.05, 0.1) is 0 Å². The highest BCUT2D eigenvalue weighted by molar-refractivity contribution is 7.65. The molecule has 0 bridgehead atoms. The van der Waals surface area contributed by atoms with Gasteiger partial charge in [-0.3, -0.25) is 0 Å². The Kier molecular flexibility index (Phi) is 3.57. The Morgan fingerprint density at radius 2 is 1.64 bits per heavy atom. The first-order valence-corrected chi connectivity index (χ1v) is 9.20. The monoisotopic (exact) mass is 230 g/mol.